The van der Waals surface area contributed by atoms with E-state index in [-0.39, 0.29) is 0 Å². The summed E-state index contributed by atoms with van der Waals surface area (Å²) in [5, 5.41) is 0. The third-order valence-corrected chi connectivity index (χ3v) is 5.01. The minimum absolute atomic E-state index is 0.359. The smallest absolute Gasteiger partial charge is 0.408 e. The molecule has 3 aromatic rings. The Morgan fingerprint density at radius 2 is 2.04 bits per heavy atom. The zero-order valence-corrected chi connectivity index (χ0v) is 14.8. The van der Waals surface area contributed by atoms with Crippen LogP contribution in [0.25, 0.3) is 11.0 Å². The summed E-state index contributed by atoms with van der Waals surface area (Å²) in [5.74, 6) is 1.80. The van der Waals surface area contributed by atoms with Crippen molar-refractivity contribution >= 4 is 17.1 Å². The van der Waals surface area contributed by atoms with E-state index in [9.17, 15) is 4.79 Å². The van der Waals surface area contributed by atoms with Gasteiger partial charge in [0.1, 0.15) is 11.3 Å². The fourth-order valence-electron chi connectivity index (χ4n) is 3.79. The number of aromatic nitrogens is 2. The molecule has 1 fully saturated rings. The lowest BCUT2D eigenvalue weighted by Gasteiger charge is -2.16. The van der Waals surface area contributed by atoms with E-state index in [4.69, 9.17) is 15.5 Å². The predicted molar refractivity (Wildman–Crippen MR) is 100 cm³/mol. The van der Waals surface area contributed by atoms with E-state index < -0.39 is 6.09 Å². The van der Waals surface area contributed by atoms with E-state index in [0.29, 0.717) is 17.2 Å². The molecule has 1 unspecified atom stereocenters. The van der Waals surface area contributed by atoms with Crippen LogP contribution < -0.4 is 10.5 Å². The first kappa shape index (κ1) is 16.6. The number of primary amides is 1. The Labute approximate surface area is 152 Å². The molecule has 2 N–H and O–H groups in total. The van der Waals surface area contributed by atoms with Crippen LogP contribution in [0.4, 0.5) is 4.79 Å². The van der Waals surface area contributed by atoms with Gasteiger partial charge in [-0.05, 0) is 30.7 Å². The van der Waals surface area contributed by atoms with Gasteiger partial charge < -0.3 is 15.0 Å². The number of amides is 1. The second kappa shape index (κ2) is 6.80. The van der Waals surface area contributed by atoms with Crippen molar-refractivity contribution in [3.8, 4) is 5.75 Å². The fraction of sp³-hybridized carbons (Fsp3) is 0.300. The van der Waals surface area contributed by atoms with Crippen LogP contribution >= 0.6 is 0 Å². The van der Waals surface area contributed by atoms with Crippen molar-refractivity contribution in [1.82, 2.24) is 14.5 Å². The highest BCUT2D eigenvalue weighted by atomic mass is 16.5. The van der Waals surface area contributed by atoms with E-state index in [1.807, 2.05) is 25.2 Å². The van der Waals surface area contributed by atoms with E-state index in [1.165, 1.54) is 5.56 Å². The van der Waals surface area contributed by atoms with Gasteiger partial charge >= 0.3 is 6.09 Å². The van der Waals surface area contributed by atoms with Crippen molar-refractivity contribution in [3.05, 3.63) is 59.9 Å². The SMILES string of the molecule is Cn1c(C2CCN(Cc3ccccc3)C2)nc2c(OC(N)=O)cccc21. The maximum atomic E-state index is 11.1. The van der Waals surface area contributed by atoms with E-state index >= 15 is 0 Å². The number of aryl methyl sites for hydroxylation is 1. The molecular weight excluding hydrogens is 328 g/mol. The molecule has 1 atom stereocenters. The standard InChI is InChI=1S/C20H22N4O2/c1-23-16-8-5-9-17(26-20(21)25)18(16)22-19(23)15-10-11-24(13-15)12-14-6-3-2-4-7-14/h2-9,15H,10-13H2,1H3,(H2,21,25). The first-order chi connectivity index (χ1) is 12.6. The molecule has 1 amide bonds. The van der Waals surface area contributed by atoms with Crippen LogP contribution in [-0.4, -0.2) is 33.6 Å². The Balaban J connectivity index is 1.57. The Morgan fingerprint density at radius 1 is 1.23 bits per heavy atom. The average molecular weight is 350 g/mol. The maximum Gasteiger partial charge on any atom is 0.410 e. The quantitative estimate of drug-likeness (QED) is 0.785. The first-order valence-corrected chi connectivity index (χ1v) is 8.80. The molecule has 4 rings (SSSR count). The topological polar surface area (TPSA) is 73.4 Å². The lowest BCUT2D eigenvalue weighted by Crippen LogP contribution is -2.20. The van der Waals surface area contributed by atoms with E-state index in [2.05, 4.69) is 33.7 Å². The van der Waals surface area contributed by atoms with Gasteiger partial charge in [0.15, 0.2) is 5.75 Å². The Kier molecular flexibility index (Phi) is 4.34. The Morgan fingerprint density at radius 3 is 2.81 bits per heavy atom. The van der Waals surface area contributed by atoms with Crippen LogP contribution in [0.3, 0.4) is 0 Å². The molecule has 2 aromatic carbocycles. The fourth-order valence-corrected chi connectivity index (χ4v) is 3.79. The second-order valence-electron chi connectivity index (χ2n) is 6.78. The molecular formula is C20H22N4O2. The largest absolute Gasteiger partial charge is 0.410 e. The van der Waals surface area contributed by atoms with Crippen molar-refractivity contribution in [1.29, 1.82) is 0 Å². The molecule has 134 valence electrons. The van der Waals surface area contributed by atoms with Gasteiger partial charge in [-0.25, -0.2) is 9.78 Å². The summed E-state index contributed by atoms with van der Waals surface area (Å²) in [6.45, 7) is 2.97. The van der Waals surface area contributed by atoms with Crippen molar-refractivity contribution in [3.63, 3.8) is 0 Å². The lowest BCUT2D eigenvalue weighted by atomic mass is 10.1. The number of para-hydroxylation sites is 1. The summed E-state index contributed by atoms with van der Waals surface area (Å²) in [6, 6.07) is 16.1. The van der Waals surface area contributed by atoms with Gasteiger partial charge in [-0.3, -0.25) is 4.90 Å². The number of fused-ring (bicyclic) bond motifs is 1. The van der Waals surface area contributed by atoms with Crippen molar-refractivity contribution in [2.75, 3.05) is 13.1 Å². The maximum absolute atomic E-state index is 11.1. The molecule has 6 nitrogen and oxygen atoms in total. The number of imidazole rings is 1. The van der Waals surface area contributed by atoms with Crippen LogP contribution in [0.15, 0.2) is 48.5 Å². The minimum Gasteiger partial charge on any atom is -0.408 e. The van der Waals surface area contributed by atoms with Gasteiger partial charge in [0.2, 0.25) is 0 Å². The number of ether oxygens (including phenoxy) is 1. The number of carbonyl (C=O) groups is 1. The molecule has 0 aliphatic carbocycles. The number of hydrogen-bond acceptors (Lipinski definition) is 4. The number of carbonyl (C=O) groups excluding carboxylic acids is 1. The van der Waals surface area contributed by atoms with Gasteiger partial charge in [-0.1, -0.05) is 36.4 Å². The van der Waals surface area contributed by atoms with Crippen LogP contribution in [0.2, 0.25) is 0 Å². The van der Waals surface area contributed by atoms with Crippen LogP contribution in [0, 0.1) is 0 Å². The summed E-state index contributed by atoms with van der Waals surface area (Å²) in [5.41, 5.74) is 8.13. The summed E-state index contributed by atoms with van der Waals surface area (Å²) >= 11 is 0. The molecule has 0 radical (unpaired) electrons. The minimum atomic E-state index is -0.820. The number of hydrogen-bond donors (Lipinski definition) is 1. The third-order valence-electron chi connectivity index (χ3n) is 5.01. The normalized spacial score (nSPS) is 17.7. The van der Waals surface area contributed by atoms with Gasteiger partial charge in [-0.2, -0.15) is 0 Å². The summed E-state index contributed by atoms with van der Waals surface area (Å²) in [4.78, 5) is 18.4. The third kappa shape index (κ3) is 3.15. The summed E-state index contributed by atoms with van der Waals surface area (Å²) < 4.78 is 7.21. The number of nitrogens with zero attached hydrogens (tertiary/aromatic N) is 3. The summed E-state index contributed by atoms with van der Waals surface area (Å²) in [7, 11) is 2.01. The first-order valence-electron chi connectivity index (χ1n) is 8.80. The lowest BCUT2D eigenvalue weighted by molar-refractivity contribution is 0.211. The highest BCUT2D eigenvalue weighted by molar-refractivity contribution is 5.85. The molecule has 26 heavy (non-hydrogen) atoms. The second-order valence-corrected chi connectivity index (χ2v) is 6.78. The zero-order chi connectivity index (χ0) is 18.1. The van der Waals surface area contributed by atoms with Gasteiger partial charge in [0.05, 0.1) is 5.52 Å². The number of nitrogens with two attached hydrogens (primary N) is 1. The van der Waals surface area contributed by atoms with E-state index in [1.54, 1.807) is 6.07 Å². The molecule has 0 spiro atoms. The van der Waals surface area contributed by atoms with Crippen LogP contribution in [0.1, 0.15) is 23.7 Å². The number of benzene rings is 2. The molecule has 1 aliphatic heterocycles. The molecule has 1 aromatic heterocycles. The highest BCUT2D eigenvalue weighted by Gasteiger charge is 2.28. The molecule has 1 aliphatic rings. The molecule has 0 bridgehead atoms. The van der Waals surface area contributed by atoms with Gasteiger partial charge in [0.25, 0.3) is 0 Å². The number of likely N-dealkylation sites (tertiary alicyclic amines) is 1. The Hall–Kier alpha value is -2.86. The van der Waals surface area contributed by atoms with E-state index in [0.717, 1.165) is 37.4 Å². The molecule has 6 heteroatoms. The monoisotopic (exact) mass is 350 g/mol. The average Bonchev–Trinajstić information content (AvgIpc) is 3.21. The number of rotatable bonds is 4. The van der Waals surface area contributed by atoms with Crippen molar-refractivity contribution < 1.29 is 9.53 Å². The van der Waals surface area contributed by atoms with Crippen molar-refractivity contribution in [2.45, 2.75) is 18.9 Å². The van der Waals surface area contributed by atoms with Gasteiger partial charge in [-0.15, -0.1) is 0 Å². The van der Waals surface area contributed by atoms with Crippen LogP contribution in [0.5, 0.6) is 5.75 Å². The van der Waals surface area contributed by atoms with Crippen molar-refractivity contribution in [2.24, 2.45) is 12.8 Å². The molecule has 1 saturated heterocycles. The Bertz CT molecular complexity index is 936. The van der Waals surface area contributed by atoms with Gasteiger partial charge in [0, 0.05) is 26.1 Å². The molecule has 0 saturated carbocycles. The highest BCUT2D eigenvalue weighted by Crippen LogP contribution is 2.32. The van der Waals surface area contributed by atoms with Crippen LogP contribution in [-0.2, 0) is 13.6 Å². The zero-order valence-electron chi connectivity index (χ0n) is 14.8. The molecule has 2 heterocycles. The predicted octanol–water partition coefficient (Wildman–Crippen LogP) is 3.02. The summed E-state index contributed by atoms with van der Waals surface area (Å²) in [6.07, 6.45) is 0.246.